The van der Waals surface area contributed by atoms with Gasteiger partial charge < -0.3 is 15.2 Å². The quantitative estimate of drug-likeness (QED) is 0.756. The molecule has 0 amide bonds. The van der Waals surface area contributed by atoms with Gasteiger partial charge in [0.1, 0.15) is 11.8 Å². The standard InChI is InChI=1S/C11H15NO3/c1-12-9(11(13)14)7-8-5-3-4-6-10(8)15-2/h3-6,9,12H,7H2,1-2H3,(H,13,14). The summed E-state index contributed by atoms with van der Waals surface area (Å²) >= 11 is 0. The van der Waals surface area contributed by atoms with Crippen molar-refractivity contribution in [3.63, 3.8) is 0 Å². The van der Waals surface area contributed by atoms with Crippen LogP contribution in [0.5, 0.6) is 5.75 Å². The van der Waals surface area contributed by atoms with Gasteiger partial charge >= 0.3 is 5.97 Å². The number of rotatable bonds is 5. The molecule has 82 valence electrons. The molecule has 0 fully saturated rings. The SMILES string of the molecule is CNC(Cc1ccccc1OC)C(=O)O. The number of carbonyl (C=O) groups is 1. The normalized spacial score (nSPS) is 12.1. The van der Waals surface area contributed by atoms with Crippen molar-refractivity contribution in [1.82, 2.24) is 5.32 Å². The molecule has 0 spiro atoms. The molecular weight excluding hydrogens is 194 g/mol. The minimum atomic E-state index is -0.858. The van der Waals surface area contributed by atoms with Crippen LogP contribution in [0.2, 0.25) is 0 Å². The molecular formula is C11H15NO3. The van der Waals surface area contributed by atoms with Crippen LogP contribution in [0.15, 0.2) is 24.3 Å². The fourth-order valence-corrected chi connectivity index (χ4v) is 1.40. The van der Waals surface area contributed by atoms with Crippen molar-refractivity contribution in [1.29, 1.82) is 0 Å². The van der Waals surface area contributed by atoms with Crippen molar-refractivity contribution in [2.75, 3.05) is 14.2 Å². The second-order valence-corrected chi connectivity index (χ2v) is 3.20. The van der Waals surface area contributed by atoms with Crippen LogP contribution in [-0.2, 0) is 11.2 Å². The first-order chi connectivity index (χ1) is 7.19. The molecule has 1 rings (SSSR count). The number of para-hydroxylation sites is 1. The predicted octanol–water partition coefficient (Wildman–Crippen LogP) is 0.910. The first-order valence-corrected chi connectivity index (χ1v) is 4.71. The van der Waals surface area contributed by atoms with Gasteiger partial charge in [-0.3, -0.25) is 4.79 Å². The summed E-state index contributed by atoms with van der Waals surface area (Å²) in [4.78, 5) is 10.8. The first-order valence-electron chi connectivity index (χ1n) is 4.71. The van der Waals surface area contributed by atoms with Crippen LogP contribution in [0.4, 0.5) is 0 Å². The summed E-state index contributed by atoms with van der Waals surface area (Å²) in [6.45, 7) is 0. The number of methoxy groups -OCH3 is 1. The average Bonchev–Trinajstić information content (AvgIpc) is 2.25. The van der Waals surface area contributed by atoms with E-state index in [2.05, 4.69) is 5.32 Å². The van der Waals surface area contributed by atoms with E-state index in [-0.39, 0.29) is 0 Å². The van der Waals surface area contributed by atoms with Gasteiger partial charge in [0, 0.05) is 6.42 Å². The zero-order valence-electron chi connectivity index (χ0n) is 8.86. The Bertz CT molecular complexity index is 338. The van der Waals surface area contributed by atoms with Crippen LogP contribution >= 0.6 is 0 Å². The van der Waals surface area contributed by atoms with Crippen molar-refractivity contribution in [2.24, 2.45) is 0 Å². The molecule has 15 heavy (non-hydrogen) atoms. The lowest BCUT2D eigenvalue weighted by Gasteiger charge is -2.13. The predicted molar refractivity (Wildman–Crippen MR) is 57.2 cm³/mol. The number of likely N-dealkylation sites (N-methyl/N-ethyl adjacent to an activating group) is 1. The molecule has 1 aromatic rings. The van der Waals surface area contributed by atoms with Gasteiger partial charge in [-0.25, -0.2) is 0 Å². The lowest BCUT2D eigenvalue weighted by molar-refractivity contribution is -0.139. The average molecular weight is 209 g/mol. The Morgan fingerprint density at radius 3 is 2.73 bits per heavy atom. The fraction of sp³-hybridized carbons (Fsp3) is 0.364. The summed E-state index contributed by atoms with van der Waals surface area (Å²) in [5.41, 5.74) is 0.891. The number of ether oxygens (including phenoxy) is 1. The minimum Gasteiger partial charge on any atom is -0.496 e. The van der Waals surface area contributed by atoms with Crippen molar-refractivity contribution in [2.45, 2.75) is 12.5 Å². The summed E-state index contributed by atoms with van der Waals surface area (Å²) in [6, 6.07) is 6.83. The van der Waals surface area contributed by atoms with Crippen LogP contribution in [0.25, 0.3) is 0 Å². The molecule has 1 aromatic carbocycles. The summed E-state index contributed by atoms with van der Waals surface area (Å²) in [5, 5.41) is 11.6. The highest BCUT2D eigenvalue weighted by Gasteiger charge is 2.16. The van der Waals surface area contributed by atoms with Gasteiger partial charge in [0.2, 0.25) is 0 Å². The van der Waals surface area contributed by atoms with Gasteiger partial charge in [-0.05, 0) is 18.7 Å². The molecule has 0 heterocycles. The molecule has 0 radical (unpaired) electrons. The van der Waals surface area contributed by atoms with E-state index in [1.165, 1.54) is 0 Å². The summed E-state index contributed by atoms with van der Waals surface area (Å²) < 4.78 is 5.15. The van der Waals surface area contributed by atoms with Crippen molar-refractivity contribution < 1.29 is 14.6 Å². The second-order valence-electron chi connectivity index (χ2n) is 3.20. The molecule has 0 aliphatic carbocycles. The third kappa shape index (κ3) is 2.95. The highest BCUT2D eigenvalue weighted by Crippen LogP contribution is 2.18. The largest absolute Gasteiger partial charge is 0.496 e. The van der Waals surface area contributed by atoms with Gasteiger partial charge in [-0.1, -0.05) is 18.2 Å². The number of carboxylic acid groups (broad SMARTS) is 1. The zero-order chi connectivity index (χ0) is 11.3. The molecule has 2 N–H and O–H groups in total. The molecule has 0 aliphatic rings. The van der Waals surface area contributed by atoms with E-state index < -0.39 is 12.0 Å². The number of benzene rings is 1. The van der Waals surface area contributed by atoms with Crippen LogP contribution in [-0.4, -0.2) is 31.3 Å². The third-order valence-corrected chi connectivity index (χ3v) is 2.26. The molecule has 1 unspecified atom stereocenters. The van der Waals surface area contributed by atoms with E-state index in [9.17, 15) is 4.79 Å². The monoisotopic (exact) mass is 209 g/mol. The summed E-state index contributed by atoms with van der Waals surface area (Å²) in [5.74, 6) is -0.137. The Morgan fingerprint density at radius 1 is 1.53 bits per heavy atom. The van der Waals surface area contributed by atoms with Gasteiger partial charge in [-0.2, -0.15) is 0 Å². The summed E-state index contributed by atoms with van der Waals surface area (Å²) in [6.07, 6.45) is 0.413. The highest BCUT2D eigenvalue weighted by atomic mass is 16.5. The minimum absolute atomic E-state index is 0.413. The molecule has 4 heteroatoms. The molecule has 0 saturated heterocycles. The van der Waals surface area contributed by atoms with Gasteiger partial charge in [0.05, 0.1) is 7.11 Å². The van der Waals surface area contributed by atoms with E-state index in [0.29, 0.717) is 6.42 Å². The van der Waals surface area contributed by atoms with Crippen LogP contribution < -0.4 is 10.1 Å². The molecule has 0 bridgehead atoms. The Balaban J connectivity index is 2.82. The Hall–Kier alpha value is -1.55. The Kier molecular flexibility index (Phi) is 4.12. The maximum atomic E-state index is 10.8. The molecule has 0 aliphatic heterocycles. The maximum Gasteiger partial charge on any atom is 0.321 e. The molecule has 1 atom stereocenters. The molecule has 0 saturated carbocycles. The number of carboxylic acids is 1. The molecule has 4 nitrogen and oxygen atoms in total. The van der Waals surface area contributed by atoms with E-state index >= 15 is 0 Å². The third-order valence-electron chi connectivity index (χ3n) is 2.26. The van der Waals surface area contributed by atoms with Gasteiger partial charge in [0.25, 0.3) is 0 Å². The van der Waals surface area contributed by atoms with E-state index in [0.717, 1.165) is 11.3 Å². The number of nitrogens with one attached hydrogen (secondary N) is 1. The van der Waals surface area contributed by atoms with Crippen LogP contribution in [0.1, 0.15) is 5.56 Å². The number of aliphatic carboxylic acids is 1. The van der Waals surface area contributed by atoms with Gasteiger partial charge in [0.15, 0.2) is 0 Å². The first kappa shape index (κ1) is 11.5. The number of hydrogen-bond acceptors (Lipinski definition) is 3. The zero-order valence-corrected chi connectivity index (χ0v) is 8.86. The Labute approximate surface area is 88.9 Å². The van der Waals surface area contributed by atoms with Crippen molar-refractivity contribution >= 4 is 5.97 Å². The molecule has 0 aromatic heterocycles. The van der Waals surface area contributed by atoms with Crippen LogP contribution in [0.3, 0.4) is 0 Å². The summed E-state index contributed by atoms with van der Waals surface area (Å²) in [7, 11) is 3.21. The lowest BCUT2D eigenvalue weighted by Crippen LogP contribution is -2.35. The smallest absolute Gasteiger partial charge is 0.321 e. The number of hydrogen-bond donors (Lipinski definition) is 2. The second kappa shape index (κ2) is 5.36. The topological polar surface area (TPSA) is 58.6 Å². The highest BCUT2D eigenvalue weighted by molar-refractivity contribution is 5.74. The van der Waals surface area contributed by atoms with Gasteiger partial charge in [-0.15, -0.1) is 0 Å². The van der Waals surface area contributed by atoms with E-state index in [4.69, 9.17) is 9.84 Å². The fourth-order valence-electron chi connectivity index (χ4n) is 1.40. The van der Waals surface area contributed by atoms with E-state index in [1.807, 2.05) is 24.3 Å². The maximum absolute atomic E-state index is 10.8. The Morgan fingerprint density at radius 2 is 2.20 bits per heavy atom. The lowest BCUT2D eigenvalue weighted by atomic mass is 10.1. The van der Waals surface area contributed by atoms with Crippen LogP contribution in [0, 0.1) is 0 Å². The van der Waals surface area contributed by atoms with Crippen molar-refractivity contribution in [3.8, 4) is 5.75 Å². The van der Waals surface area contributed by atoms with Crippen molar-refractivity contribution in [3.05, 3.63) is 29.8 Å². The van der Waals surface area contributed by atoms with E-state index in [1.54, 1.807) is 14.2 Å².